The number of para-hydroxylation sites is 2. The number of esters is 1. The third kappa shape index (κ3) is 5.87. The zero-order chi connectivity index (χ0) is 19.6. The van der Waals surface area contributed by atoms with E-state index >= 15 is 0 Å². The van der Waals surface area contributed by atoms with E-state index in [0.29, 0.717) is 19.6 Å². The summed E-state index contributed by atoms with van der Waals surface area (Å²) in [5.74, 6) is 0.0514. The van der Waals surface area contributed by atoms with Crippen LogP contribution in [0.15, 0.2) is 60.8 Å². The Hall–Kier alpha value is -3.28. The third-order valence-electron chi connectivity index (χ3n) is 4.30. The molecular weight excluding hydrogens is 356 g/mol. The number of carbonyl (C=O) groups is 2. The molecule has 1 amide bonds. The van der Waals surface area contributed by atoms with Crippen molar-refractivity contribution in [3.8, 4) is 5.75 Å². The average Bonchev–Trinajstić information content (AvgIpc) is 3.14. The van der Waals surface area contributed by atoms with E-state index in [-0.39, 0.29) is 24.9 Å². The van der Waals surface area contributed by atoms with Crippen LogP contribution >= 0.6 is 0 Å². The summed E-state index contributed by atoms with van der Waals surface area (Å²) in [5.41, 5.74) is 2.27. The van der Waals surface area contributed by atoms with Crippen LogP contribution in [0.1, 0.15) is 18.4 Å². The Morgan fingerprint density at radius 2 is 1.79 bits per heavy atom. The van der Waals surface area contributed by atoms with Crippen LogP contribution in [0.2, 0.25) is 0 Å². The van der Waals surface area contributed by atoms with E-state index < -0.39 is 0 Å². The molecular formula is C22H24N2O4. The Morgan fingerprint density at radius 3 is 2.64 bits per heavy atom. The van der Waals surface area contributed by atoms with Gasteiger partial charge in [-0.1, -0.05) is 36.4 Å². The van der Waals surface area contributed by atoms with Crippen LogP contribution in [0, 0.1) is 0 Å². The van der Waals surface area contributed by atoms with Crippen molar-refractivity contribution in [2.45, 2.75) is 19.3 Å². The second kappa shape index (κ2) is 10.2. The van der Waals surface area contributed by atoms with Crippen molar-refractivity contribution < 1.29 is 19.1 Å². The molecule has 0 bridgehead atoms. The molecule has 0 unspecified atom stereocenters. The summed E-state index contributed by atoms with van der Waals surface area (Å²) in [4.78, 5) is 26.8. The van der Waals surface area contributed by atoms with E-state index in [1.165, 1.54) is 10.9 Å². The number of ether oxygens (including phenoxy) is 2. The normalized spacial score (nSPS) is 10.6. The SMILES string of the molecule is O=C(COC(=O)CCCc1c[nH]c2ccccc12)NCCOc1ccccc1. The molecule has 0 saturated carbocycles. The standard InChI is InChI=1S/C22H24N2O4/c25-21(23-13-14-27-18-8-2-1-3-9-18)16-28-22(26)12-6-7-17-15-24-20-11-5-4-10-19(17)20/h1-5,8-11,15,24H,6-7,12-14,16H2,(H,23,25). The number of carbonyl (C=O) groups excluding carboxylic acids is 2. The molecule has 0 aliphatic carbocycles. The van der Waals surface area contributed by atoms with E-state index in [1.54, 1.807) is 0 Å². The number of H-pyrrole nitrogens is 1. The lowest BCUT2D eigenvalue weighted by molar-refractivity contribution is -0.148. The van der Waals surface area contributed by atoms with Gasteiger partial charge in [0.05, 0.1) is 6.54 Å². The molecule has 0 saturated heterocycles. The Balaban J connectivity index is 1.27. The number of hydrogen-bond donors (Lipinski definition) is 2. The quantitative estimate of drug-likeness (QED) is 0.418. The molecule has 3 aromatic rings. The zero-order valence-corrected chi connectivity index (χ0v) is 15.6. The molecule has 6 heteroatoms. The molecule has 0 aliphatic heterocycles. The molecule has 3 rings (SSSR count). The predicted molar refractivity (Wildman–Crippen MR) is 107 cm³/mol. The molecule has 0 atom stereocenters. The van der Waals surface area contributed by atoms with E-state index in [1.807, 2.05) is 54.7 Å². The van der Waals surface area contributed by atoms with Gasteiger partial charge in [0.2, 0.25) is 0 Å². The molecule has 0 aliphatic rings. The van der Waals surface area contributed by atoms with Gasteiger partial charge in [0.25, 0.3) is 5.91 Å². The average molecular weight is 380 g/mol. The van der Waals surface area contributed by atoms with Gasteiger partial charge >= 0.3 is 5.97 Å². The Labute approximate surface area is 163 Å². The van der Waals surface area contributed by atoms with Crippen molar-refractivity contribution in [1.82, 2.24) is 10.3 Å². The predicted octanol–water partition coefficient (Wildman–Crippen LogP) is 3.23. The lowest BCUT2D eigenvalue weighted by Gasteiger charge is -2.08. The van der Waals surface area contributed by atoms with Gasteiger partial charge in [-0.25, -0.2) is 0 Å². The topological polar surface area (TPSA) is 80.4 Å². The second-order valence-corrected chi connectivity index (χ2v) is 6.39. The lowest BCUT2D eigenvalue weighted by atomic mass is 10.1. The number of aryl methyl sites for hydroxylation is 1. The van der Waals surface area contributed by atoms with Crippen molar-refractivity contribution in [3.63, 3.8) is 0 Å². The lowest BCUT2D eigenvalue weighted by Crippen LogP contribution is -2.32. The number of aromatic amines is 1. The van der Waals surface area contributed by atoms with Crippen LogP contribution < -0.4 is 10.1 Å². The summed E-state index contributed by atoms with van der Waals surface area (Å²) in [5, 5.41) is 3.84. The summed E-state index contributed by atoms with van der Waals surface area (Å²) in [7, 11) is 0. The minimum Gasteiger partial charge on any atom is -0.492 e. The third-order valence-corrected chi connectivity index (χ3v) is 4.30. The molecule has 1 aromatic heterocycles. The summed E-state index contributed by atoms with van der Waals surface area (Å²) in [6, 6.07) is 17.4. The fourth-order valence-corrected chi connectivity index (χ4v) is 2.91. The van der Waals surface area contributed by atoms with E-state index in [0.717, 1.165) is 17.7 Å². The number of fused-ring (bicyclic) bond motifs is 1. The largest absolute Gasteiger partial charge is 0.492 e. The zero-order valence-electron chi connectivity index (χ0n) is 15.6. The van der Waals surface area contributed by atoms with E-state index in [9.17, 15) is 9.59 Å². The van der Waals surface area contributed by atoms with Crippen molar-refractivity contribution in [3.05, 3.63) is 66.4 Å². The first-order chi connectivity index (χ1) is 13.7. The molecule has 1 heterocycles. The number of benzene rings is 2. The molecule has 146 valence electrons. The van der Waals surface area contributed by atoms with Crippen molar-refractivity contribution in [2.75, 3.05) is 19.8 Å². The molecule has 0 radical (unpaired) electrons. The molecule has 28 heavy (non-hydrogen) atoms. The minimum atomic E-state index is -0.365. The van der Waals surface area contributed by atoms with Gasteiger partial charge in [0, 0.05) is 23.5 Å². The number of hydrogen-bond acceptors (Lipinski definition) is 4. The van der Waals surface area contributed by atoms with Crippen LogP contribution in [0.4, 0.5) is 0 Å². The van der Waals surface area contributed by atoms with Crippen molar-refractivity contribution >= 4 is 22.8 Å². The first-order valence-electron chi connectivity index (χ1n) is 9.37. The van der Waals surface area contributed by atoms with Crippen molar-refractivity contribution in [2.24, 2.45) is 0 Å². The second-order valence-electron chi connectivity index (χ2n) is 6.39. The maximum atomic E-state index is 11.8. The maximum Gasteiger partial charge on any atom is 0.306 e. The first-order valence-corrected chi connectivity index (χ1v) is 9.37. The monoisotopic (exact) mass is 380 g/mol. The van der Waals surface area contributed by atoms with Crippen LogP contribution in [-0.2, 0) is 20.7 Å². The van der Waals surface area contributed by atoms with E-state index in [2.05, 4.69) is 16.4 Å². The number of aromatic nitrogens is 1. The number of rotatable bonds is 10. The summed E-state index contributed by atoms with van der Waals surface area (Å²) in [6.45, 7) is 0.442. The van der Waals surface area contributed by atoms with Gasteiger partial charge in [0.1, 0.15) is 12.4 Å². The van der Waals surface area contributed by atoms with Crippen LogP contribution in [0.5, 0.6) is 5.75 Å². The maximum absolute atomic E-state index is 11.8. The van der Waals surface area contributed by atoms with E-state index in [4.69, 9.17) is 9.47 Å². The highest BCUT2D eigenvalue weighted by atomic mass is 16.5. The highest BCUT2D eigenvalue weighted by molar-refractivity contribution is 5.83. The van der Waals surface area contributed by atoms with Gasteiger partial charge in [0.15, 0.2) is 6.61 Å². The minimum absolute atomic E-state index is 0.267. The Kier molecular flexibility index (Phi) is 7.07. The highest BCUT2D eigenvalue weighted by Gasteiger charge is 2.09. The number of nitrogens with one attached hydrogen (secondary N) is 2. The molecule has 6 nitrogen and oxygen atoms in total. The molecule has 0 fully saturated rings. The molecule has 2 N–H and O–H groups in total. The van der Waals surface area contributed by atoms with Crippen LogP contribution in [0.3, 0.4) is 0 Å². The van der Waals surface area contributed by atoms with Gasteiger partial charge in [-0.05, 0) is 36.6 Å². The van der Waals surface area contributed by atoms with Crippen molar-refractivity contribution in [1.29, 1.82) is 0 Å². The summed E-state index contributed by atoms with van der Waals surface area (Å²) in [6.07, 6.45) is 3.71. The Bertz CT molecular complexity index is 905. The smallest absolute Gasteiger partial charge is 0.306 e. The fraction of sp³-hybridized carbons (Fsp3) is 0.273. The van der Waals surface area contributed by atoms with Gasteiger partial charge < -0.3 is 19.8 Å². The molecule has 2 aromatic carbocycles. The first kappa shape index (κ1) is 19.5. The van der Waals surface area contributed by atoms with Crippen LogP contribution in [-0.4, -0.2) is 36.6 Å². The summed E-state index contributed by atoms with van der Waals surface area (Å²) >= 11 is 0. The highest BCUT2D eigenvalue weighted by Crippen LogP contribution is 2.19. The summed E-state index contributed by atoms with van der Waals surface area (Å²) < 4.78 is 10.5. The van der Waals surface area contributed by atoms with Gasteiger partial charge in [-0.2, -0.15) is 0 Å². The fourth-order valence-electron chi connectivity index (χ4n) is 2.91. The molecule has 0 spiro atoms. The Morgan fingerprint density at radius 1 is 1.00 bits per heavy atom. The number of amides is 1. The van der Waals surface area contributed by atoms with Crippen LogP contribution in [0.25, 0.3) is 10.9 Å². The van der Waals surface area contributed by atoms with Gasteiger partial charge in [-0.3, -0.25) is 9.59 Å². The van der Waals surface area contributed by atoms with Gasteiger partial charge in [-0.15, -0.1) is 0 Å².